The summed E-state index contributed by atoms with van der Waals surface area (Å²) in [6.45, 7) is 0. The van der Waals surface area contributed by atoms with Crippen LogP contribution in [0.5, 0.6) is 5.75 Å². The van der Waals surface area contributed by atoms with E-state index >= 15 is 0 Å². The summed E-state index contributed by atoms with van der Waals surface area (Å²) >= 11 is 0. The van der Waals surface area contributed by atoms with Crippen LogP contribution in [0.25, 0.3) is 21.9 Å². The van der Waals surface area contributed by atoms with E-state index < -0.39 is 21.9 Å². The van der Waals surface area contributed by atoms with Gasteiger partial charge in [0.05, 0.1) is 0 Å². The average Bonchev–Trinajstić information content (AvgIpc) is 2.97. The van der Waals surface area contributed by atoms with Gasteiger partial charge in [-0.15, -0.1) is 0 Å². The largest absolute Gasteiger partial charge is 0.506 e. The van der Waals surface area contributed by atoms with Gasteiger partial charge in [-0.05, 0) is 46.0 Å². The molecule has 0 amide bonds. The molecule has 0 spiro atoms. The maximum atomic E-state index is 12.3. The fraction of sp³-hybridized carbons (Fsp3) is 0.0952. The van der Waals surface area contributed by atoms with Gasteiger partial charge in [-0.2, -0.15) is 12.8 Å². The SMILES string of the molecule is O=C(O)CCc1cccc(-c2cccc3cc(O)c(N4NC(O)=CS4(=O)=O)cc23)c1. The number of rotatable bonds is 5. The second kappa shape index (κ2) is 7.27. The van der Waals surface area contributed by atoms with Gasteiger partial charge >= 0.3 is 5.97 Å². The summed E-state index contributed by atoms with van der Waals surface area (Å²) in [5, 5.41) is 30.9. The molecule has 0 aromatic heterocycles. The number of aryl methyl sites for hydroxylation is 1. The Balaban J connectivity index is 1.83. The van der Waals surface area contributed by atoms with E-state index in [1.54, 1.807) is 6.07 Å². The third-order valence-corrected chi connectivity index (χ3v) is 6.11. The first kappa shape index (κ1) is 19.6. The van der Waals surface area contributed by atoms with Crippen LogP contribution in [0.3, 0.4) is 0 Å². The van der Waals surface area contributed by atoms with Gasteiger partial charge in [0.15, 0.2) is 0 Å². The molecule has 154 valence electrons. The second-order valence-electron chi connectivity index (χ2n) is 6.89. The molecule has 0 radical (unpaired) electrons. The Kier molecular flexibility index (Phi) is 4.75. The number of phenolic OH excluding ortho intramolecular Hbond substituents is 1. The molecule has 4 rings (SSSR count). The first-order chi connectivity index (χ1) is 14.2. The van der Waals surface area contributed by atoms with Crippen molar-refractivity contribution in [2.24, 2.45) is 0 Å². The fourth-order valence-electron chi connectivity index (χ4n) is 3.45. The fourth-order valence-corrected chi connectivity index (χ4v) is 4.53. The minimum absolute atomic E-state index is 0.0198. The molecule has 4 N–H and O–H groups in total. The minimum Gasteiger partial charge on any atom is -0.506 e. The number of aliphatic hydroxyl groups is 1. The first-order valence-corrected chi connectivity index (χ1v) is 10.5. The lowest BCUT2D eigenvalue weighted by Gasteiger charge is -2.20. The summed E-state index contributed by atoms with van der Waals surface area (Å²) < 4.78 is 25.2. The van der Waals surface area contributed by atoms with Crippen LogP contribution < -0.4 is 9.84 Å². The number of nitrogens with zero attached hydrogens (tertiary/aromatic N) is 1. The Hall–Kier alpha value is -3.72. The zero-order valence-corrected chi connectivity index (χ0v) is 16.4. The highest BCUT2D eigenvalue weighted by Crippen LogP contribution is 2.38. The molecule has 0 saturated heterocycles. The van der Waals surface area contributed by atoms with E-state index in [9.17, 15) is 23.4 Å². The molecule has 8 nitrogen and oxygen atoms in total. The van der Waals surface area contributed by atoms with Crippen molar-refractivity contribution in [2.45, 2.75) is 12.8 Å². The molecule has 0 aliphatic carbocycles. The first-order valence-electron chi connectivity index (χ1n) is 9.04. The maximum absolute atomic E-state index is 12.3. The Bertz CT molecular complexity index is 1300. The van der Waals surface area contributed by atoms with E-state index in [1.165, 1.54) is 12.1 Å². The quantitative estimate of drug-likeness (QED) is 0.493. The number of aliphatic carboxylic acids is 1. The van der Waals surface area contributed by atoms with Gasteiger partial charge in [-0.3, -0.25) is 10.2 Å². The van der Waals surface area contributed by atoms with Crippen LogP contribution in [0.15, 0.2) is 65.9 Å². The number of hydrogen-bond acceptors (Lipinski definition) is 6. The number of benzene rings is 3. The van der Waals surface area contributed by atoms with Gasteiger partial charge in [-0.25, -0.2) is 0 Å². The summed E-state index contributed by atoms with van der Waals surface area (Å²) in [5.41, 5.74) is 4.77. The molecule has 0 saturated carbocycles. The third kappa shape index (κ3) is 3.62. The van der Waals surface area contributed by atoms with Crippen molar-refractivity contribution in [3.8, 4) is 16.9 Å². The molecule has 0 bridgehead atoms. The number of fused-ring (bicyclic) bond motifs is 1. The van der Waals surface area contributed by atoms with E-state index in [2.05, 4.69) is 5.43 Å². The van der Waals surface area contributed by atoms with Crippen molar-refractivity contribution in [2.75, 3.05) is 4.41 Å². The molecule has 1 aliphatic rings. The van der Waals surface area contributed by atoms with E-state index in [4.69, 9.17) is 5.11 Å². The van der Waals surface area contributed by atoms with Crippen LogP contribution >= 0.6 is 0 Å². The topological polar surface area (TPSA) is 127 Å². The van der Waals surface area contributed by atoms with Crippen LogP contribution in [0, 0.1) is 0 Å². The Morgan fingerprint density at radius 3 is 2.50 bits per heavy atom. The van der Waals surface area contributed by atoms with E-state index in [0.29, 0.717) is 27.0 Å². The summed E-state index contributed by atoms with van der Waals surface area (Å²) in [5.74, 6) is -1.69. The summed E-state index contributed by atoms with van der Waals surface area (Å²) in [4.78, 5) is 10.9. The van der Waals surface area contributed by atoms with Crippen molar-refractivity contribution in [3.05, 3.63) is 71.5 Å². The van der Waals surface area contributed by atoms with Crippen molar-refractivity contribution >= 4 is 32.5 Å². The van der Waals surface area contributed by atoms with Gasteiger partial charge in [-0.1, -0.05) is 42.5 Å². The normalized spacial score (nSPS) is 15.1. The zero-order valence-electron chi connectivity index (χ0n) is 15.6. The van der Waals surface area contributed by atoms with Gasteiger partial charge in [0.1, 0.15) is 16.8 Å². The highest BCUT2D eigenvalue weighted by Gasteiger charge is 2.31. The number of carboxylic acids is 1. The van der Waals surface area contributed by atoms with Crippen LogP contribution in [-0.4, -0.2) is 29.7 Å². The highest BCUT2D eigenvalue weighted by atomic mass is 32.2. The lowest BCUT2D eigenvalue weighted by Crippen LogP contribution is -2.35. The number of aliphatic hydroxyl groups excluding tert-OH is 1. The number of anilines is 1. The summed E-state index contributed by atoms with van der Waals surface area (Å²) in [6, 6.07) is 15.9. The number of hydrogen-bond donors (Lipinski definition) is 4. The molecule has 1 aliphatic heterocycles. The number of phenols is 1. The molecule has 0 unspecified atom stereocenters. The lowest BCUT2D eigenvalue weighted by atomic mass is 9.95. The number of sulfonamides is 1. The zero-order chi connectivity index (χ0) is 21.5. The molecule has 30 heavy (non-hydrogen) atoms. The van der Waals surface area contributed by atoms with Gasteiger partial charge in [0.25, 0.3) is 10.0 Å². The third-order valence-electron chi connectivity index (χ3n) is 4.79. The number of carboxylic acid groups (broad SMARTS) is 1. The van der Waals surface area contributed by atoms with E-state index in [1.807, 2.05) is 36.4 Å². The van der Waals surface area contributed by atoms with E-state index in [-0.39, 0.29) is 17.9 Å². The van der Waals surface area contributed by atoms with Crippen molar-refractivity contribution < 1.29 is 28.5 Å². The highest BCUT2D eigenvalue weighted by molar-refractivity contribution is 7.95. The predicted octanol–water partition coefficient (Wildman–Crippen LogP) is 3.24. The maximum Gasteiger partial charge on any atom is 0.303 e. The van der Waals surface area contributed by atoms with Crippen LogP contribution in [0.1, 0.15) is 12.0 Å². The van der Waals surface area contributed by atoms with Gasteiger partial charge < -0.3 is 15.3 Å². The molecular weight excluding hydrogens is 408 g/mol. The molecule has 0 atom stereocenters. The standard InChI is InChI=1S/C21H18N2O6S/c24-19-10-15-5-2-6-16(14-4-1-3-13(9-14)7-8-21(26)27)17(15)11-18(19)23-22-20(25)12-30(23,28)29/h1-6,9-12,22,24-25H,7-8H2,(H,26,27). The number of carbonyl (C=O) groups is 1. The lowest BCUT2D eigenvalue weighted by molar-refractivity contribution is -0.136. The number of aromatic hydroxyl groups is 1. The predicted molar refractivity (Wildman–Crippen MR) is 112 cm³/mol. The monoisotopic (exact) mass is 426 g/mol. The molecule has 3 aromatic rings. The van der Waals surface area contributed by atoms with Gasteiger partial charge in [0.2, 0.25) is 5.88 Å². The Labute approximate surface area is 172 Å². The minimum atomic E-state index is -3.99. The summed E-state index contributed by atoms with van der Waals surface area (Å²) in [6.07, 6.45) is 0.410. The molecule has 1 heterocycles. The number of nitrogens with one attached hydrogen (secondary N) is 1. The van der Waals surface area contributed by atoms with Crippen molar-refractivity contribution in [3.63, 3.8) is 0 Å². The number of hydrazine groups is 1. The second-order valence-corrected chi connectivity index (χ2v) is 8.52. The van der Waals surface area contributed by atoms with Gasteiger partial charge in [0, 0.05) is 6.42 Å². The van der Waals surface area contributed by atoms with Crippen molar-refractivity contribution in [1.29, 1.82) is 0 Å². The van der Waals surface area contributed by atoms with E-state index in [0.717, 1.165) is 16.7 Å². The van der Waals surface area contributed by atoms with Crippen LogP contribution in [0.4, 0.5) is 5.69 Å². The molecule has 3 aromatic carbocycles. The summed E-state index contributed by atoms with van der Waals surface area (Å²) in [7, 11) is -3.99. The molecule has 0 fully saturated rings. The smallest absolute Gasteiger partial charge is 0.303 e. The molecule has 9 heteroatoms. The van der Waals surface area contributed by atoms with Crippen LogP contribution in [-0.2, 0) is 21.2 Å². The van der Waals surface area contributed by atoms with Crippen molar-refractivity contribution in [1.82, 2.24) is 5.43 Å². The Morgan fingerprint density at radius 2 is 1.80 bits per heavy atom. The average molecular weight is 426 g/mol. The molecular formula is C21H18N2O6S. The Morgan fingerprint density at radius 1 is 1.03 bits per heavy atom. The van der Waals surface area contributed by atoms with Crippen LogP contribution in [0.2, 0.25) is 0 Å².